The molecule has 0 saturated carbocycles. The third-order valence-corrected chi connectivity index (χ3v) is 7.86. The van der Waals surface area contributed by atoms with Crippen molar-refractivity contribution in [2.24, 2.45) is 0 Å². The van der Waals surface area contributed by atoms with Crippen molar-refractivity contribution in [3.63, 3.8) is 0 Å². The van der Waals surface area contributed by atoms with Gasteiger partial charge in [0.2, 0.25) is 0 Å². The van der Waals surface area contributed by atoms with Crippen LogP contribution in [-0.4, -0.2) is 45.9 Å². The molecule has 0 aliphatic carbocycles. The number of aromatic amines is 2. The lowest BCUT2D eigenvalue weighted by Gasteiger charge is -2.27. The van der Waals surface area contributed by atoms with Crippen LogP contribution in [0.4, 0.5) is 4.39 Å². The van der Waals surface area contributed by atoms with Crippen molar-refractivity contribution in [2.45, 2.75) is 38.3 Å². The number of nitrogens with one attached hydrogen (secondary N) is 3. The summed E-state index contributed by atoms with van der Waals surface area (Å²) < 4.78 is 20.7. The van der Waals surface area contributed by atoms with Gasteiger partial charge in [0.1, 0.15) is 12.4 Å². The molecule has 0 spiro atoms. The van der Waals surface area contributed by atoms with Crippen molar-refractivity contribution in [1.82, 2.24) is 14.9 Å². The first-order valence-electron chi connectivity index (χ1n) is 13.2. The van der Waals surface area contributed by atoms with Crippen molar-refractivity contribution >= 4 is 38.6 Å². The van der Waals surface area contributed by atoms with Crippen LogP contribution in [0.5, 0.6) is 0 Å². The number of amides is 1. The van der Waals surface area contributed by atoms with E-state index in [1.807, 2.05) is 36.4 Å². The Bertz CT molecular complexity index is 1610. The van der Waals surface area contributed by atoms with Crippen LogP contribution in [0.15, 0.2) is 87.6 Å². The van der Waals surface area contributed by atoms with E-state index in [2.05, 4.69) is 45.0 Å². The summed E-state index contributed by atoms with van der Waals surface area (Å²) in [5.41, 5.74) is 4.64. The highest BCUT2D eigenvalue weighted by Crippen LogP contribution is 2.29. The lowest BCUT2D eigenvalue weighted by Crippen LogP contribution is -2.38. The Morgan fingerprint density at radius 2 is 1.82 bits per heavy atom. The largest absolute Gasteiger partial charge is 0.344 e. The van der Waals surface area contributed by atoms with E-state index in [-0.39, 0.29) is 35.7 Å². The average Bonchev–Trinajstić information content (AvgIpc) is 3.51. The molecule has 3 aromatic carbocycles. The molecule has 0 radical (unpaired) electrons. The number of hydrogen-bond donors (Lipinski definition) is 3. The first-order chi connectivity index (χ1) is 19.3. The average molecular weight is 606 g/mol. The van der Waals surface area contributed by atoms with E-state index in [1.165, 1.54) is 17.7 Å². The maximum atomic E-state index is 13.7. The molecular weight excluding hydrogens is 575 g/mol. The molecule has 9 heteroatoms. The summed E-state index contributed by atoms with van der Waals surface area (Å²) >= 11 is 3.49. The molecule has 7 nitrogen and oxygen atoms in total. The second-order valence-corrected chi connectivity index (χ2v) is 10.8. The lowest BCUT2D eigenvalue weighted by molar-refractivity contribution is -0.127. The predicted molar refractivity (Wildman–Crippen MR) is 157 cm³/mol. The van der Waals surface area contributed by atoms with Crippen molar-refractivity contribution in [1.29, 1.82) is 5.41 Å². The first-order valence-corrected chi connectivity index (χ1v) is 14.0. The van der Waals surface area contributed by atoms with Crippen LogP contribution < -0.4 is 5.69 Å². The van der Waals surface area contributed by atoms with Crippen molar-refractivity contribution in [3.8, 4) is 0 Å². The van der Waals surface area contributed by atoms with E-state index in [9.17, 15) is 14.0 Å². The summed E-state index contributed by atoms with van der Waals surface area (Å²) in [6.45, 7) is 2.43. The number of fused-ring (bicyclic) bond motifs is 1. The molecule has 5 rings (SSSR count). The summed E-state index contributed by atoms with van der Waals surface area (Å²) in [6, 6.07) is 19.7. The van der Waals surface area contributed by atoms with Crippen molar-refractivity contribution in [2.75, 3.05) is 13.2 Å². The van der Waals surface area contributed by atoms with E-state index in [0.29, 0.717) is 36.0 Å². The topological polar surface area (TPSA) is 102 Å². The number of rotatable bonds is 10. The normalized spacial score (nSPS) is 16.6. The number of imidazole rings is 1. The number of carbonyl (C=O) groups is 1. The van der Waals surface area contributed by atoms with Crippen LogP contribution in [-0.2, 0) is 16.0 Å². The molecule has 1 fully saturated rings. The van der Waals surface area contributed by atoms with Gasteiger partial charge in [-0.05, 0) is 84.8 Å². The first kappa shape index (κ1) is 27.7. The van der Waals surface area contributed by atoms with Gasteiger partial charge in [0.05, 0.1) is 16.7 Å². The minimum absolute atomic E-state index is 0.0766. The number of allylic oxidation sites excluding steroid dienone is 1. The highest BCUT2D eigenvalue weighted by molar-refractivity contribution is 9.10. The number of H-pyrrole nitrogens is 2. The van der Waals surface area contributed by atoms with Gasteiger partial charge in [0.25, 0.3) is 5.91 Å². The highest BCUT2D eigenvalue weighted by Gasteiger charge is 2.36. The summed E-state index contributed by atoms with van der Waals surface area (Å²) in [6.07, 6.45) is 3.35. The number of aromatic nitrogens is 2. The molecular formula is C31H30BrFN4O3. The van der Waals surface area contributed by atoms with Gasteiger partial charge in [0.15, 0.2) is 6.23 Å². The molecule has 1 aromatic heterocycles. The Morgan fingerprint density at radius 3 is 2.55 bits per heavy atom. The van der Waals surface area contributed by atoms with E-state index < -0.39 is 6.23 Å². The monoisotopic (exact) mass is 604 g/mol. The van der Waals surface area contributed by atoms with Gasteiger partial charge in [-0.25, -0.2) is 9.18 Å². The molecule has 1 aliphatic rings. The second kappa shape index (κ2) is 12.1. The fourth-order valence-corrected chi connectivity index (χ4v) is 5.35. The number of carbonyl (C=O) groups excluding carboxylic acids is 1. The van der Waals surface area contributed by atoms with E-state index >= 15 is 0 Å². The Morgan fingerprint density at radius 1 is 1.10 bits per heavy atom. The third-order valence-electron chi connectivity index (χ3n) is 7.33. The standard InChI is InChI=1S/C31H30BrFN4O3/c1-2-20(21-4-9-23(32)10-5-21)8-13-25(29(34)22-6-11-24(33)12-7-22)30-37(28(38)18-40-30)16-15-19-3-14-26-27(17-19)36-31(39)35-26/h3-7,9-14,17,20,30,34H,2,8,15-16,18H2,1H3,(H2,35,36,39)/b25-13+,34-29?. The molecule has 1 aliphatic heterocycles. The van der Waals surface area contributed by atoms with Crippen LogP contribution in [0.1, 0.15) is 42.4 Å². The van der Waals surface area contributed by atoms with Gasteiger partial charge in [-0.1, -0.05) is 47.1 Å². The summed E-state index contributed by atoms with van der Waals surface area (Å²) in [5.74, 6) is -0.318. The smallest absolute Gasteiger partial charge is 0.323 e. The van der Waals surface area contributed by atoms with Gasteiger partial charge in [0, 0.05) is 22.2 Å². The zero-order valence-electron chi connectivity index (χ0n) is 22.0. The predicted octanol–water partition coefficient (Wildman–Crippen LogP) is 6.06. The maximum absolute atomic E-state index is 13.7. The Balaban J connectivity index is 1.42. The molecule has 4 aromatic rings. The van der Waals surface area contributed by atoms with Crippen LogP contribution in [0.3, 0.4) is 0 Å². The van der Waals surface area contributed by atoms with Gasteiger partial charge in [-0.15, -0.1) is 0 Å². The number of hydrogen-bond acceptors (Lipinski definition) is 4. The third kappa shape index (κ3) is 6.16. The van der Waals surface area contributed by atoms with Gasteiger partial charge in [-0.2, -0.15) is 0 Å². The minimum Gasteiger partial charge on any atom is -0.344 e. The van der Waals surface area contributed by atoms with Crippen LogP contribution >= 0.6 is 15.9 Å². The summed E-state index contributed by atoms with van der Waals surface area (Å²) in [4.78, 5) is 31.8. The molecule has 1 saturated heterocycles. The number of nitrogens with zero attached hydrogens (tertiary/aromatic N) is 1. The van der Waals surface area contributed by atoms with E-state index in [4.69, 9.17) is 10.1 Å². The Labute approximate surface area is 239 Å². The van der Waals surface area contributed by atoms with Crippen LogP contribution in [0, 0.1) is 11.2 Å². The molecule has 2 atom stereocenters. The molecule has 2 unspecified atom stereocenters. The Kier molecular flexibility index (Phi) is 8.42. The summed E-state index contributed by atoms with van der Waals surface area (Å²) in [7, 11) is 0. The van der Waals surface area contributed by atoms with Gasteiger partial charge in [-0.3, -0.25) is 10.2 Å². The molecule has 3 N–H and O–H groups in total. The van der Waals surface area contributed by atoms with E-state index in [0.717, 1.165) is 22.0 Å². The molecule has 2 heterocycles. The molecule has 0 bridgehead atoms. The van der Waals surface area contributed by atoms with Crippen molar-refractivity contribution < 1.29 is 13.9 Å². The SMILES string of the molecule is CCC(C/C=C(\C(=N)c1ccc(F)cc1)C1OCC(=O)N1CCc1ccc2[nH]c(=O)[nH]c2c1)c1ccc(Br)cc1. The fourth-order valence-electron chi connectivity index (χ4n) is 5.09. The number of benzene rings is 3. The van der Waals surface area contributed by atoms with Gasteiger partial charge < -0.3 is 19.6 Å². The molecule has 40 heavy (non-hydrogen) atoms. The quantitative estimate of drug-likeness (QED) is 0.192. The zero-order valence-corrected chi connectivity index (χ0v) is 23.6. The second-order valence-electron chi connectivity index (χ2n) is 9.89. The number of halogens is 2. The summed E-state index contributed by atoms with van der Waals surface area (Å²) in [5, 5.41) is 9.05. The highest BCUT2D eigenvalue weighted by atomic mass is 79.9. The van der Waals surface area contributed by atoms with Crippen LogP contribution in [0.25, 0.3) is 11.0 Å². The lowest BCUT2D eigenvalue weighted by atomic mass is 9.90. The van der Waals surface area contributed by atoms with E-state index in [1.54, 1.807) is 17.0 Å². The minimum atomic E-state index is -0.733. The molecule has 206 valence electrons. The number of ether oxygens (including phenoxy) is 1. The zero-order chi connectivity index (χ0) is 28.2. The molecule has 1 amide bonds. The van der Waals surface area contributed by atoms with Gasteiger partial charge >= 0.3 is 5.69 Å². The Hall–Kier alpha value is -3.82. The maximum Gasteiger partial charge on any atom is 0.323 e. The fraction of sp³-hybridized carbons (Fsp3) is 0.258. The van der Waals surface area contributed by atoms with Crippen molar-refractivity contribution in [3.05, 3.63) is 116 Å². The van der Waals surface area contributed by atoms with Crippen LogP contribution in [0.2, 0.25) is 0 Å².